The molecule has 0 spiro atoms. The van der Waals surface area contributed by atoms with Crippen LogP contribution in [0.5, 0.6) is 11.5 Å². The van der Waals surface area contributed by atoms with E-state index in [0.717, 1.165) is 30.0 Å². The van der Waals surface area contributed by atoms with Gasteiger partial charge in [-0.15, -0.1) is 0 Å². The molecule has 0 saturated carbocycles. The van der Waals surface area contributed by atoms with Crippen molar-refractivity contribution in [2.24, 2.45) is 0 Å². The van der Waals surface area contributed by atoms with Gasteiger partial charge in [-0.3, -0.25) is 4.79 Å². The summed E-state index contributed by atoms with van der Waals surface area (Å²) in [6, 6.07) is 5.69. The number of amides is 1. The Morgan fingerprint density at radius 1 is 1.30 bits per heavy atom. The van der Waals surface area contributed by atoms with Crippen LogP contribution >= 0.6 is 0 Å². The van der Waals surface area contributed by atoms with Crippen molar-refractivity contribution < 1.29 is 19.0 Å². The quantitative estimate of drug-likeness (QED) is 0.836. The second-order valence-electron chi connectivity index (χ2n) is 6.89. The van der Waals surface area contributed by atoms with Gasteiger partial charge in [-0.25, -0.2) is 0 Å². The number of hydrogen-bond donors (Lipinski definition) is 0. The van der Waals surface area contributed by atoms with Crippen molar-refractivity contribution in [3.05, 3.63) is 23.8 Å². The lowest BCUT2D eigenvalue weighted by Crippen LogP contribution is -2.34. The molecule has 1 atom stereocenters. The van der Waals surface area contributed by atoms with E-state index in [4.69, 9.17) is 14.2 Å². The average Bonchev–Trinajstić information content (AvgIpc) is 3.00. The molecule has 0 N–H and O–H groups in total. The molecule has 0 bridgehead atoms. The van der Waals surface area contributed by atoms with Crippen LogP contribution in [-0.2, 0) is 14.9 Å². The maximum atomic E-state index is 12.3. The SMILES string of the molecule is COc1ccc(OCC(=O)N2CCC(OC)C2)c(C(C)(C)C)c1. The minimum Gasteiger partial charge on any atom is -0.497 e. The highest BCUT2D eigenvalue weighted by Gasteiger charge is 2.27. The van der Waals surface area contributed by atoms with Gasteiger partial charge in [-0.1, -0.05) is 20.8 Å². The van der Waals surface area contributed by atoms with Crippen molar-refractivity contribution in [3.8, 4) is 11.5 Å². The Labute approximate surface area is 138 Å². The lowest BCUT2D eigenvalue weighted by molar-refractivity contribution is -0.132. The number of nitrogens with zero attached hydrogens (tertiary/aromatic N) is 1. The van der Waals surface area contributed by atoms with Crippen LogP contribution in [-0.4, -0.2) is 50.8 Å². The molecule has 1 heterocycles. The van der Waals surface area contributed by atoms with Gasteiger partial charge in [0.1, 0.15) is 11.5 Å². The second kappa shape index (κ2) is 7.21. The predicted octanol–water partition coefficient (Wildman–Crippen LogP) is 2.62. The zero-order valence-corrected chi connectivity index (χ0v) is 14.7. The van der Waals surface area contributed by atoms with Gasteiger partial charge in [-0.2, -0.15) is 0 Å². The zero-order chi connectivity index (χ0) is 17.0. The normalized spacial score (nSPS) is 18.1. The fourth-order valence-corrected chi connectivity index (χ4v) is 2.73. The van der Waals surface area contributed by atoms with E-state index in [-0.39, 0.29) is 24.0 Å². The van der Waals surface area contributed by atoms with Crippen LogP contribution in [0.2, 0.25) is 0 Å². The van der Waals surface area contributed by atoms with E-state index in [1.807, 2.05) is 18.2 Å². The van der Waals surface area contributed by atoms with Crippen molar-refractivity contribution >= 4 is 5.91 Å². The third-order valence-electron chi connectivity index (χ3n) is 4.18. The highest BCUT2D eigenvalue weighted by atomic mass is 16.5. The lowest BCUT2D eigenvalue weighted by atomic mass is 9.86. The molecule has 1 aliphatic heterocycles. The summed E-state index contributed by atoms with van der Waals surface area (Å²) >= 11 is 0. The van der Waals surface area contributed by atoms with Gasteiger partial charge in [-0.05, 0) is 30.0 Å². The van der Waals surface area contributed by atoms with Crippen LogP contribution < -0.4 is 9.47 Å². The number of rotatable bonds is 5. The minimum absolute atomic E-state index is 0.000210. The van der Waals surface area contributed by atoms with Crippen molar-refractivity contribution in [1.29, 1.82) is 0 Å². The largest absolute Gasteiger partial charge is 0.497 e. The molecular weight excluding hydrogens is 294 g/mol. The van der Waals surface area contributed by atoms with Gasteiger partial charge in [0.15, 0.2) is 6.61 Å². The van der Waals surface area contributed by atoms with Crippen molar-refractivity contribution in [2.45, 2.75) is 38.7 Å². The van der Waals surface area contributed by atoms with E-state index in [1.165, 1.54) is 0 Å². The molecule has 0 aromatic heterocycles. The van der Waals surface area contributed by atoms with Gasteiger partial charge >= 0.3 is 0 Å². The summed E-state index contributed by atoms with van der Waals surface area (Å²) in [4.78, 5) is 14.1. The van der Waals surface area contributed by atoms with Crippen LogP contribution in [0.3, 0.4) is 0 Å². The number of carbonyl (C=O) groups excluding carboxylic acids is 1. The Morgan fingerprint density at radius 2 is 2.04 bits per heavy atom. The summed E-state index contributed by atoms with van der Waals surface area (Å²) in [6.07, 6.45) is 1.03. The maximum absolute atomic E-state index is 12.3. The Hall–Kier alpha value is -1.75. The number of likely N-dealkylation sites (tertiary alicyclic amines) is 1. The fraction of sp³-hybridized carbons (Fsp3) is 0.611. The molecule has 1 fully saturated rings. The molecule has 2 rings (SSSR count). The van der Waals surface area contributed by atoms with E-state index in [0.29, 0.717) is 6.54 Å². The first-order chi connectivity index (χ1) is 10.8. The van der Waals surface area contributed by atoms with E-state index in [9.17, 15) is 4.79 Å². The third-order valence-corrected chi connectivity index (χ3v) is 4.18. The second-order valence-corrected chi connectivity index (χ2v) is 6.89. The van der Waals surface area contributed by atoms with Gasteiger partial charge in [0.05, 0.1) is 13.2 Å². The van der Waals surface area contributed by atoms with E-state index >= 15 is 0 Å². The summed E-state index contributed by atoms with van der Waals surface area (Å²) in [7, 11) is 3.33. The molecule has 1 aromatic rings. The summed E-state index contributed by atoms with van der Waals surface area (Å²) in [5.41, 5.74) is 0.933. The molecule has 5 nitrogen and oxygen atoms in total. The van der Waals surface area contributed by atoms with Crippen molar-refractivity contribution in [2.75, 3.05) is 33.9 Å². The smallest absolute Gasteiger partial charge is 0.260 e. The van der Waals surface area contributed by atoms with Crippen molar-refractivity contribution in [3.63, 3.8) is 0 Å². The Morgan fingerprint density at radius 3 is 2.61 bits per heavy atom. The van der Waals surface area contributed by atoms with Crippen LogP contribution in [0.4, 0.5) is 0 Å². The molecule has 1 aliphatic rings. The van der Waals surface area contributed by atoms with Gasteiger partial charge in [0, 0.05) is 25.8 Å². The Bertz CT molecular complexity index is 550. The van der Waals surface area contributed by atoms with Crippen molar-refractivity contribution in [1.82, 2.24) is 4.90 Å². The van der Waals surface area contributed by atoms with Crippen LogP contribution in [0.25, 0.3) is 0 Å². The van der Waals surface area contributed by atoms with Gasteiger partial charge < -0.3 is 19.1 Å². The Balaban J connectivity index is 2.04. The molecule has 5 heteroatoms. The maximum Gasteiger partial charge on any atom is 0.260 e. The molecule has 128 valence electrons. The van der Waals surface area contributed by atoms with Crippen LogP contribution in [0, 0.1) is 0 Å². The molecular formula is C18H27NO4. The van der Waals surface area contributed by atoms with Crippen LogP contribution in [0.1, 0.15) is 32.8 Å². The Kier molecular flexibility index (Phi) is 5.52. The zero-order valence-electron chi connectivity index (χ0n) is 14.7. The molecule has 23 heavy (non-hydrogen) atoms. The predicted molar refractivity (Wildman–Crippen MR) is 89.2 cm³/mol. The molecule has 1 aromatic carbocycles. The number of ether oxygens (including phenoxy) is 3. The highest BCUT2D eigenvalue weighted by Crippen LogP contribution is 2.34. The number of carbonyl (C=O) groups is 1. The summed E-state index contributed by atoms with van der Waals surface area (Å²) < 4.78 is 16.4. The molecule has 0 aliphatic carbocycles. The number of hydrogen-bond acceptors (Lipinski definition) is 4. The lowest BCUT2D eigenvalue weighted by Gasteiger charge is -2.24. The van der Waals surface area contributed by atoms with Crippen LogP contribution in [0.15, 0.2) is 18.2 Å². The minimum atomic E-state index is -0.0955. The standard InChI is InChI=1S/C18H27NO4/c1-18(2,3)15-10-13(21-4)6-7-16(15)23-12-17(20)19-9-8-14(11-19)22-5/h6-7,10,14H,8-9,11-12H2,1-5H3. The monoisotopic (exact) mass is 321 g/mol. The summed E-state index contributed by atoms with van der Waals surface area (Å²) in [6.45, 7) is 7.76. The van der Waals surface area contributed by atoms with E-state index in [1.54, 1.807) is 19.1 Å². The average molecular weight is 321 g/mol. The van der Waals surface area contributed by atoms with Gasteiger partial charge in [0.25, 0.3) is 5.91 Å². The molecule has 1 amide bonds. The first-order valence-corrected chi connectivity index (χ1v) is 7.97. The van der Waals surface area contributed by atoms with Gasteiger partial charge in [0.2, 0.25) is 0 Å². The molecule has 1 unspecified atom stereocenters. The fourth-order valence-electron chi connectivity index (χ4n) is 2.73. The first kappa shape index (κ1) is 17.6. The van der Waals surface area contributed by atoms with E-state index in [2.05, 4.69) is 20.8 Å². The summed E-state index contributed by atoms with van der Waals surface area (Å²) in [5, 5.41) is 0. The summed E-state index contributed by atoms with van der Waals surface area (Å²) in [5.74, 6) is 1.52. The number of methoxy groups -OCH3 is 2. The molecule has 0 radical (unpaired) electrons. The topological polar surface area (TPSA) is 48.0 Å². The highest BCUT2D eigenvalue weighted by molar-refractivity contribution is 5.78. The van der Waals surface area contributed by atoms with E-state index < -0.39 is 0 Å². The first-order valence-electron chi connectivity index (χ1n) is 7.97. The number of benzene rings is 1. The third kappa shape index (κ3) is 4.38. The molecule has 1 saturated heterocycles.